The zero-order valence-corrected chi connectivity index (χ0v) is 13.1. The number of ether oxygens (including phenoxy) is 2. The van der Waals surface area contributed by atoms with Gasteiger partial charge in [0.1, 0.15) is 21.6 Å². The van der Waals surface area contributed by atoms with Crippen molar-refractivity contribution in [3.05, 3.63) is 17.3 Å². The van der Waals surface area contributed by atoms with E-state index in [-0.39, 0.29) is 5.91 Å². The molecule has 1 saturated heterocycles. The summed E-state index contributed by atoms with van der Waals surface area (Å²) < 4.78 is 10.00. The first-order valence-electron chi connectivity index (χ1n) is 6.54. The Morgan fingerprint density at radius 3 is 2.91 bits per heavy atom. The van der Waals surface area contributed by atoms with E-state index in [0.29, 0.717) is 33.5 Å². The van der Waals surface area contributed by atoms with E-state index < -0.39 is 18.2 Å². The van der Waals surface area contributed by atoms with E-state index in [4.69, 9.17) is 16.3 Å². The quantitative estimate of drug-likeness (QED) is 0.678. The van der Waals surface area contributed by atoms with Gasteiger partial charge in [0.05, 0.1) is 7.11 Å². The van der Waals surface area contributed by atoms with Crippen molar-refractivity contribution in [1.29, 1.82) is 0 Å². The van der Waals surface area contributed by atoms with Crippen LogP contribution in [0.2, 0.25) is 5.15 Å². The molecule has 0 aromatic carbocycles. The Bertz CT molecular complexity index is 735. The van der Waals surface area contributed by atoms with Crippen LogP contribution < -0.4 is 5.32 Å². The Labute approximate surface area is 134 Å². The molecule has 9 heteroatoms. The first-order valence-corrected chi connectivity index (χ1v) is 7.73. The van der Waals surface area contributed by atoms with Crippen molar-refractivity contribution < 1.29 is 19.1 Å². The molecule has 22 heavy (non-hydrogen) atoms. The van der Waals surface area contributed by atoms with Gasteiger partial charge in [-0.3, -0.25) is 10.1 Å². The van der Waals surface area contributed by atoms with E-state index in [1.54, 1.807) is 12.1 Å². The second-order valence-electron chi connectivity index (χ2n) is 4.68. The van der Waals surface area contributed by atoms with Gasteiger partial charge in [-0.2, -0.15) is 0 Å². The summed E-state index contributed by atoms with van der Waals surface area (Å²) in [6.07, 6.45) is -0.452. The molecule has 1 aliphatic heterocycles. The van der Waals surface area contributed by atoms with Gasteiger partial charge >= 0.3 is 5.97 Å². The number of esters is 1. The third-order valence-electron chi connectivity index (χ3n) is 3.23. The van der Waals surface area contributed by atoms with E-state index in [1.165, 1.54) is 18.4 Å². The number of carbonyl (C=O) groups excluding carboxylic acids is 2. The Balaban J connectivity index is 1.67. The highest BCUT2D eigenvalue weighted by Gasteiger charge is 2.35. The summed E-state index contributed by atoms with van der Waals surface area (Å²) >= 11 is 7.04. The topological polar surface area (TPSA) is 90.4 Å². The average Bonchev–Trinajstić information content (AvgIpc) is 3.12. The van der Waals surface area contributed by atoms with E-state index in [2.05, 4.69) is 20.0 Å². The summed E-state index contributed by atoms with van der Waals surface area (Å²) in [4.78, 5) is 32.5. The van der Waals surface area contributed by atoms with Crippen LogP contribution in [0, 0.1) is 0 Å². The number of hydrogen-bond acceptors (Lipinski definition) is 7. The maximum Gasteiger partial charge on any atom is 0.335 e. The highest BCUT2D eigenvalue weighted by Crippen LogP contribution is 2.27. The minimum absolute atomic E-state index is 0.337. The van der Waals surface area contributed by atoms with Gasteiger partial charge in [0.15, 0.2) is 11.2 Å². The molecule has 0 unspecified atom stereocenters. The third-order valence-corrected chi connectivity index (χ3v) is 4.32. The van der Waals surface area contributed by atoms with E-state index in [9.17, 15) is 9.59 Å². The third kappa shape index (κ3) is 3.03. The van der Waals surface area contributed by atoms with Gasteiger partial charge in [0.2, 0.25) is 0 Å². The molecule has 2 aromatic rings. The van der Waals surface area contributed by atoms with E-state index >= 15 is 0 Å². The number of aromatic nitrogens is 2. The number of rotatable bonds is 3. The number of anilines is 1. The normalized spacial score (nSPS) is 21.0. The lowest BCUT2D eigenvalue weighted by atomic mass is 10.2. The zero-order valence-electron chi connectivity index (χ0n) is 11.5. The Morgan fingerprint density at radius 1 is 1.36 bits per heavy atom. The fourth-order valence-corrected chi connectivity index (χ4v) is 3.21. The molecule has 1 N–H and O–H groups in total. The smallest absolute Gasteiger partial charge is 0.335 e. The van der Waals surface area contributed by atoms with Gasteiger partial charge in [0, 0.05) is 0 Å². The Hall–Kier alpha value is -1.77. The van der Waals surface area contributed by atoms with E-state index in [1.807, 2.05) is 0 Å². The standard InChI is InChI=1S/C13H12ClN3O4S/c1-20-12(19)8-4-3-7(21-8)10(18)17-13-15-6-2-5-9(14)16-11(6)22-13/h2,5,7-8H,3-4H2,1H3,(H,15,17,18)/t7-,8+/m0/s1. The van der Waals surface area contributed by atoms with Crippen LogP contribution in [0.25, 0.3) is 10.3 Å². The molecule has 2 atom stereocenters. The van der Waals surface area contributed by atoms with Crippen LogP contribution in [0.4, 0.5) is 5.13 Å². The number of nitrogens with zero attached hydrogens (tertiary/aromatic N) is 2. The van der Waals surface area contributed by atoms with Gasteiger partial charge in [-0.15, -0.1) is 0 Å². The SMILES string of the molecule is COC(=O)[C@H]1CC[C@@H](C(=O)Nc2nc3ccc(Cl)nc3s2)O1. The van der Waals surface area contributed by atoms with Crippen molar-refractivity contribution in [1.82, 2.24) is 9.97 Å². The first kappa shape index (κ1) is 15.1. The summed E-state index contributed by atoms with van der Waals surface area (Å²) in [7, 11) is 1.29. The van der Waals surface area contributed by atoms with Crippen LogP contribution in [-0.2, 0) is 19.1 Å². The molecule has 0 bridgehead atoms. The maximum absolute atomic E-state index is 12.1. The summed E-state index contributed by atoms with van der Waals surface area (Å²) in [5.74, 6) is -0.800. The number of hydrogen-bond donors (Lipinski definition) is 1. The molecule has 1 aliphatic rings. The average molecular weight is 342 g/mol. The molecule has 3 heterocycles. The molecule has 0 aliphatic carbocycles. The Morgan fingerprint density at radius 2 is 2.14 bits per heavy atom. The van der Waals surface area contributed by atoms with Crippen LogP contribution in [-0.4, -0.2) is 41.2 Å². The predicted molar refractivity (Wildman–Crippen MR) is 81.0 cm³/mol. The van der Waals surface area contributed by atoms with Gasteiger partial charge in [-0.1, -0.05) is 22.9 Å². The highest BCUT2D eigenvalue weighted by atomic mass is 35.5. The lowest BCUT2D eigenvalue weighted by Gasteiger charge is -2.11. The van der Waals surface area contributed by atoms with Gasteiger partial charge in [-0.05, 0) is 25.0 Å². The van der Waals surface area contributed by atoms with Crippen LogP contribution in [0.3, 0.4) is 0 Å². The Kier molecular flexibility index (Phi) is 4.23. The van der Waals surface area contributed by atoms with Crippen LogP contribution in [0.1, 0.15) is 12.8 Å². The largest absolute Gasteiger partial charge is 0.467 e. The summed E-state index contributed by atoms with van der Waals surface area (Å²) in [5, 5.41) is 3.46. The number of nitrogens with one attached hydrogen (secondary N) is 1. The lowest BCUT2D eigenvalue weighted by molar-refractivity contribution is -0.154. The number of carbonyl (C=O) groups is 2. The molecular weight excluding hydrogens is 330 g/mol. The molecule has 0 spiro atoms. The molecule has 2 aromatic heterocycles. The molecule has 0 radical (unpaired) electrons. The molecule has 0 saturated carbocycles. The van der Waals surface area contributed by atoms with E-state index in [0.717, 1.165) is 0 Å². The minimum Gasteiger partial charge on any atom is -0.467 e. The van der Waals surface area contributed by atoms with Crippen molar-refractivity contribution in [3.8, 4) is 0 Å². The van der Waals surface area contributed by atoms with Crippen LogP contribution in [0.15, 0.2) is 12.1 Å². The van der Waals surface area contributed by atoms with Crippen molar-refractivity contribution >= 4 is 50.3 Å². The monoisotopic (exact) mass is 341 g/mol. The summed E-state index contributed by atoms with van der Waals surface area (Å²) in [6, 6.07) is 3.37. The highest BCUT2D eigenvalue weighted by molar-refractivity contribution is 7.22. The number of fused-ring (bicyclic) bond motifs is 1. The second-order valence-corrected chi connectivity index (χ2v) is 6.05. The minimum atomic E-state index is -0.687. The maximum atomic E-state index is 12.1. The van der Waals surface area contributed by atoms with Crippen molar-refractivity contribution in [2.24, 2.45) is 0 Å². The number of halogens is 1. The lowest BCUT2D eigenvalue weighted by Crippen LogP contribution is -2.30. The first-order chi connectivity index (χ1) is 10.6. The fourth-order valence-electron chi connectivity index (χ4n) is 2.17. The zero-order chi connectivity index (χ0) is 15.7. The van der Waals surface area contributed by atoms with Crippen LogP contribution in [0.5, 0.6) is 0 Å². The number of pyridine rings is 1. The van der Waals surface area contributed by atoms with Crippen LogP contribution >= 0.6 is 22.9 Å². The predicted octanol–water partition coefficient (Wildman–Crippen LogP) is 2.00. The molecule has 7 nitrogen and oxygen atoms in total. The number of thiazole rings is 1. The molecule has 116 valence electrons. The molecule has 1 amide bonds. The number of amides is 1. The van der Waals surface area contributed by atoms with Gasteiger partial charge < -0.3 is 9.47 Å². The van der Waals surface area contributed by atoms with Crippen molar-refractivity contribution in [3.63, 3.8) is 0 Å². The van der Waals surface area contributed by atoms with Crippen molar-refractivity contribution in [2.75, 3.05) is 12.4 Å². The summed E-state index contributed by atoms with van der Waals surface area (Å²) in [6.45, 7) is 0. The fraction of sp³-hybridized carbons (Fsp3) is 0.385. The number of methoxy groups -OCH3 is 1. The van der Waals surface area contributed by atoms with Gasteiger partial charge in [-0.25, -0.2) is 14.8 Å². The molecule has 1 fully saturated rings. The molecule has 3 rings (SSSR count). The summed E-state index contributed by atoms with van der Waals surface area (Å²) in [5.41, 5.74) is 0.657. The second kappa shape index (κ2) is 6.15. The van der Waals surface area contributed by atoms with Crippen molar-refractivity contribution in [2.45, 2.75) is 25.0 Å². The van der Waals surface area contributed by atoms with Gasteiger partial charge in [0.25, 0.3) is 5.91 Å². The molecular formula is C13H12ClN3O4S.